The second-order valence-electron chi connectivity index (χ2n) is 8.24. The number of likely N-dealkylation sites (tertiary alicyclic amines) is 2. The molecule has 1 aromatic rings. The van der Waals surface area contributed by atoms with E-state index in [9.17, 15) is 9.59 Å². The fourth-order valence-electron chi connectivity index (χ4n) is 4.21. The van der Waals surface area contributed by atoms with Crippen molar-refractivity contribution in [2.24, 2.45) is 5.92 Å². The molecule has 0 saturated carbocycles. The van der Waals surface area contributed by atoms with Crippen LogP contribution in [0, 0.1) is 5.92 Å². The highest BCUT2D eigenvalue weighted by Gasteiger charge is 2.30. The summed E-state index contributed by atoms with van der Waals surface area (Å²) in [5, 5.41) is 3.13. The van der Waals surface area contributed by atoms with Crippen LogP contribution in [0.3, 0.4) is 0 Å². The maximum atomic E-state index is 12.7. The first kappa shape index (κ1) is 21.4. The zero-order chi connectivity index (χ0) is 20.8. The number of hydrogen-bond donors (Lipinski definition) is 1. The Bertz CT molecular complexity index is 678. The first-order valence-corrected chi connectivity index (χ1v) is 10.6. The van der Waals surface area contributed by atoms with E-state index in [1.807, 2.05) is 48.2 Å². The van der Waals surface area contributed by atoms with Gasteiger partial charge in [0.05, 0.1) is 13.2 Å². The Hall–Kier alpha value is -2.28. The Morgan fingerprint density at radius 2 is 1.66 bits per heavy atom. The molecule has 3 rings (SSSR count). The van der Waals surface area contributed by atoms with Crippen molar-refractivity contribution in [3.8, 4) is 5.75 Å². The van der Waals surface area contributed by atoms with Gasteiger partial charge < -0.3 is 24.8 Å². The number of piperidine rings is 1. The molecule has 7 nitrogen and oxygen atoms in total. The third-order valence-electron chi connectivity index (χ3n) is 6.11. The largest absolute Gasteiger partial charge is 0.497 e. The summed E-state index contributed by atoms with van der Waals surface area (Å²) in [6.07, 6.45) is 3.68. The molecule has 2 heterocycles. The Kier molecular flexibility index (Phi) is 7.36. The number of urea groups is 1. The van der Waals surface area contributed by atoms with Crippen molar-refractivity contribution in [1.29, 1.82) is 0 Å². The van der Waals surface area contributed by atoms with Gasteiger partial charge in [0.25, 0.3) is 0 Å². The number of rotatable bonds is 6. The summed E-state index contributed by atoms with van der Waals surface area (Å²) in [5.41, 5.74) is 1.14. The molecular weight excluding hydrogens is 368 g/mol. The van der Waals surface area contributed by atoms with E-state index < -0.39 is 0 Å². The Morgan fingerprint density at radius 3 is 2.21 bits per heavy atom. The summed E-state index contributed by atoms with van der Waals surface area (Å²) in [6, 6.07) is 8.22. The number of carbonyl (C=O) groups is 2. The minimum absolute atomic E-state index is 0.0173. The first-order chi connectivity index (χ1) is 14.0. The van der Waals surface area contributed by atoms with Gasteiger partial charge in [-0.15, -0.1) is 0 Å². The molecule has 2 aliphatic rings. The number of ether oxygens (including phenoxy) is 1. The van der Waals surface area contributed by atoms with Gasteiger partial charge in [0, 0.05) is 38.6 Å². The molecule has 2 fully saturated rings. The Labute approximate surface area is 174 Å². The van der Waals surface area contributed by atoms with Crippen LogP contribution in [-0.4, -0.2) is 80.6 Å². The highest BCUT2D eigenvalue weighted by molar-refractivity contribution is 5.79. The van der Waals surface area contributed by atoms with E-state index in [2.05, 4.69) is 10.2 Å². The van der Waals surface area contributed by atoms with Crippen molar-refractivity contribution in [1.82, 2.24) is 20.0 Å². The summed E-state index contributed by atoms with van der Waals surface area (Å²) in [4.78, 5) is 31.2. The third-order valence-corrected chi connectivity index (χ3v) is 6.11. The van der Waals surface area contributed by atoms with Crippen molar-refractivity contribution in [2.75, 3.05) is 53.9 Å². The van der Waals surface area contributed by atoms with Crippen LogP contribution in [0.5, 0.6) is 5.75 Å². The number of carbonyl (C=O) groups excluding carboxylic acids is 2. The van der Waals surface area contributed by atoms with Gasteiger partial charge in [-0.05, 0) is 57.5 Å². The molecule has 1 atom stereocenters. The van der Waals surface area contributed by atoms with Gasteiger partial charge in [-0.1, -0.05) is 12.1 Å². The maximum absolute atomic E-state index is 12.7. The van der Waals surface area contributed by atoms with E-state index >= 15 is 0 Å². The molecule has 7 heteroatoms. The predicted molar refractivity (Wildman–Crippen MR) is 113 cm³/mol. The van der Waals surface area contributed by atoms with Crippen LogP contribution in [0.25, 0.3) is 0 Å². The molecule has 160 valence electrons. The smallest absolute Gasteiger partial charge is 0.319 e. The van der Waals surface area contributed by atoms with Crippen LogP contribution < -0.4 is 10.1 Å². The molecular formula is C22H34N4O3. The molecule has 2 aliphatic heterocycles. The summed E-state index contributed by atoms with van der Waals surface area (Å²) < 4.78 is 5.23. The zero-order valence-electron chi connectivity index (χ0n) is 17.9. The van der Waals surface area contributed by atoms with Gasteiger partial charge in [-0.2, -0.15) is 0 Å². The summed E-state index contributed by atoms with van der Waals surface area (Å²) >= 11 is 0. The van der Waals surface area contributed by atoms with E-state index in [-0.39, 0.29) is 23.9 Å². The predicted octanol–water partition coefficient (Wildman–Crippen LogP) is 2.34. The van der Waals surface area contributed by atoms with Crippen molar-refractivity contribution >= 4 is 11.9 Å². The number of amides is 3. The fourth-order valence-corrected chi connectivity index (χ4v) is 4.21. The second-order valence-corrected chi connectivity index (χ2v) is 8.24. The molecule has 0 bridgehead atoms. The normalized spacial score (nSPS) is 18.8. The number of hydrogen-bond acceptors (Lipinski definition) is 4. The van der Waals surface area contributed by atoms with Gasteiger partial charge in [-0.3, -0.25) is 4.79 Å². The summed E-state index contributed by atoms with van der Waals surface area (Å²) in [6.45, 7) is 3.64. The summed E-state index contributed by atoms with van der Waals surface area (Å²) in [7, 11) is 5.69. The molecule has 0 aliphatic carbocycles. The van der Waals surface area contributed by atoms with Gasteiger partial charge >= 0.3 is 6.03 Å². The highest BCUT2D eigenvalue weighted by atomic mass is 16.5. The van der Waals surface area contributed by atoms with Gasteiger partial charge in [0.2, 0.25) is 5.91 Å². The zero-order valence-corrected chi connectivity index (χ0v) is 17.9. The van der Waals surface area contributed by atoms with Gasteiger partial charge in [0.15, 0.2) is 0 Å². The monoisotopic (exact) mass is 402 g/mol. The molecule has 1 aromatic carbocycles. The standard InChI is InChI=1S/C22H34N4O3/c1-24(2)20(17-6-8-19(29-3)9-7-17)16-23-21(27)18-10-14-26(15-11-18)22(28)25-12-4-5-13-25/h6-9,18,20H,4-5,10-16H2,1-3H3,(H,23,27). The average Bonchev–Trinajstić information content (AvgIpc) is 3.28. The molecule has 0 radical (unpaired) electrons. The van der Waals surface area contributed by atoms with E-state index in [0.717, 1.165) is 50.1 Å². The van der Waals surface area contributed by atoms with Crippen LogP contribution in [0.2, 0.25) is 0 Å². The van der Waals surface area contributed by atoms with Crippen LogP contribution >= 0.6 is 0 Å². The van der Waals surface area contributed by atoms with E-state index in [1.54, 1.807) is 7.11 Å². The molecule has 2 saturated heterocycles. The number of nitrogens with one attached hydrogen (secondary N) is 1. The molecule has 0 aromatic heterocycles. The SMILES string of the molecule is COc1ccc(C(CNC(=O)C2CCN(C(=O)N3CCCC3)CC2)N(C)C)cc1. The lowest BCUT2D eigenvalue weighted by Gasteiger charge is -2.34. The quantitative estimate of drug-likeness (QED) is 0.793. The van der Waals surface area contributed by atoms with Crippen LogP contribution in [0.15, 0.2) is 24.3 Å². The first-order valence-electron chi connectivity index (χ1n) is 10.6. The molecule has 29 heavy (non-hydrogen) atoms. The lowest BCUT2D eigenvalue weighted by atomic mass is 9.95. The lowest BCUT2D eigenvalue weighted by Crippen LogP contribution is -2.48. The fraction of sp³-hybridized carbons (Fsp3) is 0.636. The van der Waals surface area contributed by atoms with Crippen molar-refractivity contribution < 1.29 is 14.3 Å². The van der Waals surface area contributed by atoms with Gasteiger partial charge in [0.1, 0.15) is 5.75 Å². The minimum atomic E-state index is -0.0173. The number of benzene rings is 1. The minimum Gasteiger partial charge on any atom is -0.497 e. The molecule has 1 unspecified atom stereocenters. The maximum Gasteiger partial charge on any atom is 0.319 e. The Morgan fingerprint density at radius 1 is 1.07 bits per heavy atom. The number of nitrogens with zero attached hydrogens (tertiary/aromatic N) is 3. The summed E-state index contributed by atoms with van der Waals surface area (Å²) in [5.74, 6) is 0.903. The topological polar surface area (TPSA) is 65.1 Å². The number of likely N-dealkylation sites (N-methyl/N-ethyl adjacent to an activating group) is 1. The van der Waals surface area contributed by atoms with Crippen molar-refractivity contribution in [2.45, 2.75) is 31.7 Å². The van der Waals surface area contributed by atoms with E-state index in [1.165, 1.54) is 0 Å². The molecule has 3 amide bonds. The Balaban J connectivity index is 1.48. The van der Waals surface area contributed by atoms with Crippen molar-refractivity contribution in [3.63, 3.8) is 0 Å². The lowest BCUT2D eigenvalue weighted by molar-refractivity contribution is -0.126. The van der Waals surface area contributed by atoms with Crippen molar-refractivity contribution in [3.05, 3.63) is 29.8 Å². The third kappa shape index (κ3) is 5.41. The number of methoxy groups -OCH3 is 1. The van der Waals surface area contributed by atoms with Crippen LogP contribution in [0.4, 0.5) is 4.79 Å². The molecule has 1 N–H and O–H groups in total. The van der Waals surface area contributed by atoms with Crippen LogP contribution in [-0.2, 0) is 4.79 Å². The van der Waals surface area contributed by atoms with Gasteiger partial charge in [-0.25, -0.2) is 4.79 Å². The molecule has 0 spiro atoms. The highest BCUT2D eigenvalue weighted by Crippen LogP contribution is 2.23. The van der Waals surface area contributed by atoms with Crippen LogP contribution in [0.1, 0.15) is 37.3 Å². The van der Waals surface area contributed by atoms with E-state index in [4.69, 9.17) is 4.74 Å². The van der Waals surface area contributed by atoms with E-state index in [0.29, 0.717) is 19.6 Å². The second kappa shape index (κ2) is 9.96. The average molecular weight is 403 g/mol.